The standard InChI is InChI=1S/C20H25N5O/c26-18-9-8-17-19(22-14-23-20(17)24-18)21-11-16-7-4-10-25(13-16)12-15-5-2-1-3-6-15/h1-3,5-6,14,16H,4,7-13H2,(H2,21,22,23,24,26)/t16-/m0/s1. The van der Waals surface area contributed by atoms with Crippen LogP contribution in [0.1, 0.15) is 30.4 Å². The van der Waals surface area contributed by atoms with Crippen LogP contribution < -0.4 is 10.6 Å². The highest BCUT2D eigenvalue weighted by molar-refractivity contribution is 5.93. The zero-order valence-corrected chi connectivity index (χ0v) is 14.9. The molecular weight excluding hydrogens is 326 g/mol. The summed E-state index contributed by atoms with van der Waals surface area (Å²) >= 11 is 0. The van der Waals surface area contributed by atoms with Crippen LogP contribution >= 0.6 is 0 Å². The van der Waals surface area contributed by atoms with Crippen molar-refractivity contribution in [3.05, 3.63) is 47.8 Å². The summed E-state index contributed by atoms with van der Waals surface area (Å²) in [6.45, 7) is 4.20. The Morgan fingerprint density at radius 2 is 2.08 bits per heavy atom. The third-order valence-corrected chi connectivity index (χ3v) is 5.22. The molecule has 1 aromatic heterocycles. The van der Waals surface area contributed by atoms with E-state index in [9.17, 15) is 4.79 Å². The number of hydrogen-bond acceptors (Lipinski definition) is 5. The molecule has 3 heterocycles. The fourth-order valence-electron chi connectivity index (χ4n) is 3.89. The highest BCUT2D eigenvalue weighted by Crippen LogP contribution is 2.26. The molecule has 0 spiro atoms. The molecule has 1 fully saturated rings. The molecule has 6 nitrogen and oxygen atoms in total. The van der Waals surface area contributed by atoms with Crippen molar-refractivity contribution in [1.82, 2.24) is 14.9 Å². The van der Waals surface area contributed by atoms with Crippen LogP contribution in [0.25, 0.3) is 0 Å². The van der Waals surface area contributed by atoms with Crippen molar-refractivity contribution in [1.29, 1.82) is 0 Å². The number of anilines is 2. The van der Waals surface area contributed by atoms with Crippen molar-refractivity contribution >= 4 is 17.5 Å². The average molecular weight is 351 g/mol. The number of rotatable bonds is 5. The molecule has 2 N–H and O–H groups in total. The molecule has 1 atom stereocenters. The molecule has 4 rings (SSSR count). The van der Waals surface area contributed by atoms with E-state index in [1.165, 1.54) is 31.3 Å². The first-order valence-electron chi connectivity index (χ1n) is 9.42. The SMILES string of the molecule is O=C1CCc2c(NC[C@@H]3CCCN(Cc4ccccc4)C3)ncnc2N1. The predicted molar refractivity (Wildman–Crippen MR) is 102 cm³/mol. The second-order valence-corrected chi connectivity index (χ2v) is 7.21. The first-order chi connectivity index (χ1) is 12.8. The number of hydrogen-bond donors (Lipinski definition) is 2. The maximum atomic E-state index is 11.5. The Bertz CT molecular complexity index is 764. The number of likely N-dealkylation sites (tertiary alicyclic amines) is 1. The van der Waals surface area contributed by atoms with Gasteiger partial charge in [-0.1, -0.05) is 30.3 Å². The van der Waals surface area contributed by atoms with Gasteiger partial charge in [-0.15, -0.1) is 0 Å². The monoisotopic (exact) mass is 351 g/mol. The number of carbonyl (C=O) groups excluding carboxylic acids is 1. The molecule has 0 bridgehead atoms. The van der Waals surface area contributed by atoms with E-state index in [1.807, 2.05) is 0 Å². The van der Waals surface area contributed by atoms with Crippen LogP contribution in [-0.4, -0.2) is 40.4 Å². The lowest BCUT2D eigenvalue weighted by molar-refractivity contribution is -0.116. The minimum atomic E-state index is 0.0333. The van der Waals surface area contributed by atoms with Crippen LogP contribution in [-0.2, 0) is 17.8 Å². The summed E-state index contributed by atoms with van der Waals surface area (Å²) in [6.07, 6.45) is 5.20. The van der Waals surface area contributed by atoms with Gasteiger partial charge < -0.3 is 10.6 Å². The summed E-state index contributed by atoms with van der Waals surface area (Å²) in [5, 5.41) is 6.35. The number of benzene rings is 1. The van der Waals surface area contributed by atoms with E-state index in [0.29, 0.717) is 24.6 Å². The number of amides is 1. The van der Waals surface area contributed by atoms with Gasteiger partial charge in [0.2, 0.25) is 5.91 Å². The Kier molecular flexibility index (Phi) is 5.11. The second kappa shape index (κ2) is 7.83. The zero-order chi connectivity index (χ0) is 17.8. The number of nitrogens with zero attached hydrogens (tertiary/aromatic N) is 3. The van der Waals surface area contributed by atoms with Gasteiger partial charge in [-0.05, 0) is 37.3 Å². The minimum absolute atomic E-state index is 0.0333. The number of carbonyl (C=O) groups is 1. The lowest BCUT2D eigenvalue weighted by atomic mass is 9.97. The van der Waals surface area contributed by atoms with Crippen LogP contribution in [0.2, 0.25) is 0 Å². The molecule has 6 heteroatoms. The number of nitrogens with one attached hydrogen (secondary N) is 2. The van der Waals surface area contributed by atoms with Crippen molar-refractivity contribution in [2.24, 2.45) is 5.92 Å². The molecule has 2 aliphatic rings. The first-order valence-corrected chi connectivity index (χ1v) is 9.42. The van der Waals surface area contributed by atoms with E-state index >= 15 is 0 Å². The maximum Gasteiger partial charge on any atom is 0.225 e. The van der Waals surface area contributed by atoms with Gasteiger partial charge >= 0.3 is 0 Å². The summed E-state index contributed by atoms with van der Waals surface area (Å²) in [5.41, 5.74) is 2.41. The van der Waals surface area contributed by atoms with E-state index in [-0.39, 0.29) is 5.91 Å². The molecule has 0 saturated carbocycles. The summed E-state index contributed by atoms with van der Waals surface area (Å²) in [5.74, 6) is 2.17. The molecular formula is C20H25N5O. The lowest BCUT2D eigenvalue weighted by Gasteiger charge is -2.33. The van der Waals surface area contributed by atoms with Crippen LogP contribution in [0.15, 0.2) is 36.7 Å². The Balaban J connectivity index is 1.35. The smallest absolute Gasteiger partial charge is 0.225 e. The average Bonchev–Trinajstić information content (AvgIpc) is 2.67. The Hall–Kier alpha value is -2.47. The highest BCUT2D eigenvalue weighted by Gasteiger charge is 2.22. The van der Waals surface area contributed by atoms with Crippen LogP contribution in [0.5, 0.6) is 0 Å². The minimum Gasteiger partial charge on any atom is -0.369 e. The number of aromatic nitrogens is 2. The molecule has 26 heavy (non-hydrogen) atoms. The molecule has 1 saturated heterocycles. The van der Waals surface area contributed by atoms with Crippen LogP contribution in [0, 0.1) is 5.92 Å². The fraction of sp³-hybridized carbons (Fsp3) is 0.450. The number of fused-ring (bicyclic) bond motifs is 1. The molecule has 2 aromatic rings. The van der Waals surface area contributed by atoms with Crippen molar-refractivity contribution in [3.63, 3.8) is 0 Å². The normalized spacial score (nSPS) is 20.3. The van der Waals surface area contributed by atoms with Crippen LogP contribution in [0.4, 0.5) is 11.6 Å². The molecule has 0 unspecified atom stereocenters. The topological polar surface area (TPSA) is 70.2 Å². The molecule has 1 aromatic carbocycles. The summed E-state index contributed by atoms with van der Waals surface area (Å²) in [4.78, 5) is 22.7. The summed E-state index contributed by atoms with van der Waals surface area (Å²) in [6, 6.07) is 10.7. The van der Waals surface area contributed by atoms with Gasteiger partial charge in [-0.2, -0.15) is 0 Å². The quantitative estimate of drug-likeness (QED) is 0.867. The zero-order valence-electron chi connectivity index (χ0n) is 14.9. The molecule has 1 amide bonds. The third-order valence-electron chi connectivity index (χ3n) is 5.22. The Morgan fingerprint density at radius 1 is 1.19 bits per heavy atom. The largest absolute Gasteiger partial charge is 0.369 e. The molecule has 2 aliphatic heterocycles. The Morgan fingerprint density at radius 3 is 2.96 bits per heavy atom. The fourth-order valence-corrected chi connectivity index (χ4v) is 3.89. The first kappa shape index (κ1) is 17.0. The van der Waals surface area contributed by atoms with Crippen molar-refractivity contribution in [2.75, 3.05) is 30.3 Å². The van der Waals surface area contributed by atoms with Gasteiger partial charge in [-0.25, -0.2) is 9.97 Å². The maximum absolute atomic E-state index is 11.5. The summed E-state index contributed by atoms with van der Waals surface area (Å²) < 4.78 is 0. The van der Waals surface area contributed by atoms with E-state index in [1.54, 1.807) is 0 Å². The van der Waals surface area contributed by atoms with Gasteiger partial charge in [0, 0.05) is 31.6 Å². The molecule has 0 aliphatic carbocycles. The van der Waals surface area contributed by atoms with Crippen molar-refractivity contribution < 1.29 is 4.79 Å². The predicted octanol–water partition coefficient (Wildman–Crippen LogP) is 2.69. The van der Waals surface area contributed by atoms with E-state index in [2.05, 4.69) is 55.8 Å². The molecule has 136 valence electrons. The number of piperidine rings is 1. The van der Waals surface area contributed by atoms with Gasteiger partial charge in [0.25, 0.3) is 0 Å². The van der Waals surface area contributed by atoms with Gasteiger partial charge in [0.05, 0.1) is 0 Å². The van der Waals surface area contributed by atoms with E-state index in [0.717, 1.165) is 31.0 Å². The highest BCUT2D eigenvalue weighted by atomic mass is 16.1. The van der Waals surface area contributed by atoms with Crippen LogP contribution in [0.3, 0.4) is 0 Å². The van der Waals surface area contributed by atoms with Gasteiger partial charge in [-0.3, -0.25) is 9.69 Å². The lowest BCUT2D eigenvalue weighted by Crippen LogP contribution is -2.37. The van der Waals surface area contributed by atoms with Gasteiger partial charge in [0.1, 0.15) is 18.0 Å². The van der Waals surface area contributed by atoms with Gasteiger partial charge in [0.15, 0.2) is 0 Å². The van der Waals surface area contributed by atoms with Crippen molar-refractivity contribution in [2.45, 2.75) is 32.2 Å². The van der Waals surface area contributed by atoms with E-state index in [4.69, 9.17) is 0 Å². The summed E-state index contributed by atoms with van der Waals surface area (Å²) in [7, 11) is 0. The van der Waals surface area contributed by atoms with E-state index < -0.39 is 0 Å². The Labute approximate surface area is 154 Å². The molecule has 0 radical (unpaired) electrons. The van der Waals surface area contributed by atoms with Crippen molar-refractivity contribution in [3.8, 4) is 0 Å². The third kappa shape index (κ3) is 4.02. The second-order valence-electron chi connectivity index (χ2n) is 7.21.